The number of carbonyl (C=O) groups excluding carboxylic acids is 1. The molecule has 0 spiro atoms. The second kappa shape index (κ2) is 7.18. The predicted molar refractivity (Wildman–Crippen MR) is 73.2 cm³/mol. The first kappa shape index (κ1) is 14.7. The number of anilines is 1. The third kappa shape index (κ3) is 4.41. The summed E-state index contributed by atoms with van der Waals surface area (Å²) >= 11 is 0. The lowest BCUT2D eigenvalue weighted by Crippen LogP contribution is -2.13. The van der Waals surface area contributed by atoms with Crippen molar-refractivity contribution in [2.24, 2.45) is 0 Å². The van der Waals surface area contributed by atoms with E-state index in [-0.39, 0.29) is 23.9 Å². The highest BCUT2D eigenvalue weighted by Crippen LogP contribution is 2.11. The topological polar surface area (TPSA) is 87.3 Å². The molecule has 2 N–H and O–H groups in total. The number of benzene rings is 1. The van der Waals surface area contributed by atoms with Crippen molar-refractivity contribution < 1.29 is 18.7 Å². The molecule has 21 heavy (non-hydrogen) atoms. The van der Waals surface area contributed by atoms with Gasteiger partial charge in [-0.25, -0.2) is 19.2 Å². The fraction of sp³-hybridized carbons (Fsp3) is 0.214. The highest BCUT2D eigenvalue weighted by atomic mass is 19.1. The Morgan fingerprint density at radius 1 is 1.14 bits per heavy atom. The maximum atomic E-state index is 12.7. The van der Waals surface area contributed by atoms with Gasteiger partial charge in [0.1, 0.15) is 11.6 Å². The number of carbonyl (C=O) groups is 1. The molecule has 110 valence electrons. The number of hydrogen-bond donors (Lipinski definition) is 1. The summed E-state index contributed by atoms with van der Waals surface area (Å²) in [5.41, 5.74) is 5.51. The van der Waals surface area contributed by atoms with Crippen LogP contribution in [-0.2, 0) is 4.74 Å². The van der Waals surface area contributed by atoms with Crippen molar-refractivity contribution in [3.8, 4) is 5.75 Å². The standard InChI is InChI=1S/C14H14FN3O3/c15-10-2-4-11(5-3-10)20-8-1-9-21-14(19)12-13(16)18-7-6-17-12/h2-7H,1,8-9H2,(H2,16,18). The van der Waals surface area contributed by atoms with E-state index in [4.69, 9.17) is 15.2 Å². The zero-order chi connectivity index (χ0) is 15.1. The zero-order valence-corrected chi connectivity index (χ0v) is 11.2. The van der Waals surface area contributed by atoms with Crippen molar-refractivity contribution in [2.75, 3.05) is 18.9 Å². The van der Waals surface area contributed by atoms with Crippen molar-refractivity contribution >= 4 is 11.8 Å². The molecule has 0 aliphatic carbocycles. The maximum absolute atomic E-state index is 12.7. The minimum Gasteiger partial charge on any atom is -0.493 e. The summed E-state index contributed by atoms with van der Waals surface area (Å²) in [5.74, 6) is -0.355. The first-order chi connectivity index (χ1) is 10.2. The number of nitrogen functional groups attached to an aromatic ring is 1. The Kier molecular flexibility index (Phi) is 5.03. The molecule has 1 heterocycles. The Labute approximate surface area is 120 Å². The highest BCUT2D eigenvalue weighted by Gasteiger charge is 2.12. The van der Waals surface area contributed by atoms with Gasteiger partial charge in [-0.2, -0.15) is 0 Å². The quantitative estimate of drug-likeness (QED) is 0.645. The van der Waals surface area contributed by atoms with Crippen LogP contribution >= 0.6 is 0 Å². The van der Waals surface area contributed by atoms with Crippen molar-refractivity contribution in [1.82, 2.24) is 9.97 Å². The van der Waals surface area contributed by atoms with E-state index in [1.54, 1.807) is 0 Å². The van der Waals surface area contributed by atoms with Crippen LogP contribution in [0.2, 0.25) is 0 Å². The monoisotopic (exact) mass is 291 g/mol. The molecule has 1 aromatic heterocycles. The Hall–Kier alpha value is -2.70. The number of nitrogens with two attached hydrogens (primary N) is 1. The third-order valence-corrected chi connectivity index (χ3v) is 2.52. The van der Waals surface area contributed by atoms with Crippen molar-refractivity contribution in [3.05, 3.63) is 48.2 Å². The maximum Gasteiger partial charge on any atom is 0.360 e. The zero-order valence-electron chi connectivity index (χ0n) is 11.2. The van der Waals surface area contributed by atoms with Gasteiger partial charge in [-0.3, -0.25) is 0 Å². The Morgan fingerprint density at radius 2 is 1.86 bits per heavy atom. The van der Waals surface area contributed by atoms with Crippen LogP contribution in [-0.4, -0.2) is 29.2 Å². The molecule has 0 bridgehead atoms. The Bertz CT molecular complexity index is 605. The molecule has 2 aromatic rings. The van der Waals surface area contributed by atoms with Gasteiger partial charge >= 0.3 is 5.97 Å². The lowest BCUT2D eigenvalue weighted by Gasteiger charge is -2.07. The normalized spacial score (nSPS) is 10.1. The minimum atomic E-state index is -0.623. The fourth-order valence-electron chi connectivity index (χ4n) is 1.52. The number of esters is 1. The first-order valence-corrected chi connectivity index (χ1v) is 6.29. The average molecular weight is 291 g/mol. The largest absolute Gasteiger partial charge is 0.493 e. The van der Waals surface area contributed by atoms with Crippen LogP contribution in [0.15, 0.2) is 36.7 Å². The van der Waals surface area contributed by atoms with E-state index in [0.29, 0.717) is 18.8 Å². The van der Waals surface area contributed by atoms with Crippen LogP contribution in [0.3, 0.4) is 0 Å². The minimum absolute atomic E-state index is 0.00282. The first-order valence-electron chi connectivity index (χ1n) is 6.29. The van der Waals surface area contributed by atoms with Gasteiger partial charge < -0.3 is 15.2 Å². The molecular formula is C14H14FN3O3. The SMILES string of the molecule is Nc1nccnc1C(=O)OCCCOc1ccc(F)cc1. The molecule has 2 rings (SSSR count). The smallest absolute Gasteiger partial charge is 0.360 e. The number of nitrogens with zero attached hydrogens (tertiary/aromatic N) is 2. The van der Waals surface area contributed by atoms with E-state index in [2.05, 4.69) is 9.97 Å². The van der Waals surface area contributed by atoms with Gasteiger partial charge in [-0.15, -0.1) is 0 Å². The molecule has 0 aliphatic heterocycles. The molecule has 0 amide bonds. The lowest BCUT2D eigenvalue weighted by molar-refractivity contribution is 0.0480. The molecule has 0 unspecified atom stereocenters. The van der Waals surface area contributed by atoms with Gasteiger partial charge in [0.05, 0.1) is 13.2 Å². The number of aromatic nitrogens is 2. The summed E-state index contributed by atoms with van der Waals surface area (Å²) in [6, 6.07) is 5.68. The molecular weight excluding hydrogens is 277 g/mol. The van der Waals surface area contributed by atoms with Crippen molar-refractivity contribution in [3.63, 3.8) is 0 Å². The van der Waals surface area contributed by atoms with Gasteiger partial charge in [0.25, 0.3) is 0 Å². The predicted octanol–water partition coefficient (Wildman–Crippen LogP) is 1.82. The van der Waals surface area contributed by atoms with E-state index in [1.807, 2.05) is 0 Å². The summed E-state index contributed by atoms with van der Waals surface area (Å²) in [7, 11) is 0. The number of ether oxygens (including phenoxy) is 2. The Balaban J connectivity index is 1.69. The highest BCUT2D eigenvalue weighted by molar-refractivity contribution is 5.91. The molecule has 0 atom stereocenters. The van der Waals surface area contributed by atoms with E-state index in [1.165, 1.54) is 36.7 Å². The summed E-state index contributed by atoms with van der Waals surface area (Å²) in [4.78, 5) is 19.2. The number of hydrogen-bond acceptors (Lipinski definition) is 6. The second-order valence-electron chi connectivity index (χ2n) is 4.08. The molecule has 0 saturated heterocycles. The Morgan fingerprint density at radius 3 is 2.57 bits per heavy atom. The van der Waals surface area contributed by atoms with Crippen LogP contribution in [0.1, 0.15) is 16.9 Å². The summed E-state index contributed by atoms with van der Waals surface area (Å²) < 4.78 is 23.0. The molecule has 6 nitrogen and oxygen atoms in total. The van der Waals surface area contributed by atoms with Crippen LogP contribution in [0, 0.1) is 5.82 Å². The van der Waals surface area contributed by atoms with Crippen LogP contribution in [0.25, 0.3) is 0 Å². The third-order valence-electron chi connectivity index (χ3n) is 2.52. The fourth-order valence-corrected chi connectivity index (χ4v) is 1.52. The van der Waals surface area contributed by atoms with Crippen LogP contribution in [0.4, 0.5) is 10.2 Å². The summed E-state index contributed by atoms with van der Waals surface area (Å²) in [5, 5.41) is 0. The molecule has 7 heteroatoms. The summed E-state index contributed by atoms with van der Waals surface area (Å²) in [6.45, 7) is 0.505. The second-order valence-corrected chi connectivity index (χ2v) is 4.08. The molecule has 0 aliphatic rings. The van der Waals surface area contributed by atoms with E-state index in [9.17, 15) is 9.18 Å². The number of halogens is 1. The van der Waals surface area contributed by atoms with Gasteiger partial charge in [0.2, 0.25) is 0 Å². The molecule has 0 radical (unpaired) electrons. The number of rotatable bonds is 6. The van der Waals surface area contributed by atoms with E-state index in [0.717, 1.165) is 0 Å². The van der Waals surface area contributed by atoms with Crippen LogP contribution in [0.5, 0.6) is 5.75 Å². The van der Waals surface area contributed by atoms with E-state index < -0.39 is 5.97 Å². The van der Waals surface area contributed by atoms with Gasteiger partial charge in [-0.05, 0) is 24.3 Å². The van der Waals surface area contributed by atoms with Crippen molar-refractivity contribution in [1.29, 1.82) is 0 Å². The van der Waals surface area contributed by atoms with E-state index >= 15 is 0 Å². The summed E-state index contributed by atoms with van der Waals surface area (Å²) in [6.07, 6.45) is 3.25. The van der Waals surface area contributed by atoms with Gasteiger partial charge in [0.15, 0.2) is 11.5 Å². The molecule has 1 aromatic carbocycles. The average Bonchev–Trinajstić information content (AvgIpc) is 2.49. The van der Waals surface area contributed by atoms with Gasteiger partial charge in [-0.1, -0.05) is 0 Å². The lowest BCUT2D eigenvalue weighted by atomic mass is 10.3. The van der Waals surface area contributed by atoms with Gasteiger partial charge in [0, 0.05) is 18.8 Å². The van der Waals surface area contributed by atoms with Crippen LogP contribution < -0.4 is 10.5 Å². The van der Waals surface area contributed by atoms with Crippen molar-refractivity contribution in [2.45, 2.75) is 6.42 Å². The molecule has 0 saturated carbocycles. The molecule has 0 fully saturated rings.